The molecule has 0 heterocycles. The first-order valence-electron chi connectivity index (χ1n) is 6.91. The van der Waals surface area contributed by atoms with Crippen LogP contribution in [0, 0.1) is 5.82 Å². The number of aliphatic hydroxyl groups is 1. The Bertz CT molecular complexity index is 584. The van der Waals surface area contributed by atoms with Crippen molar-refractivity contribution >= 4 is 5.69 Å². The molecule has 0 fully saturated rings. The second kappa shape index (κ2) is 7.09. The molecule has 112 valence electrons. The summed E-state index contributed by atoms with van der Waals surface area (Å²) in [6, 6.07) is 12.3. The van der Waals surface area contributed by atoms with Crippen LogP contribution in [0.15, 0.2) is 42.5 Å². The van der Waals surface area contributed by atoms with Crippen LogP contribution in [0.4, 0.5) is 10.1 Å². The van der Waals surface area contributed by atoms with Gasteiger partial charge < -0.3 is 15.2 Å². The summed E-state index contributed by atoms with van der Waals surface area (Å²) in [5, 5.41) is 12.7. The van der Waals surface area contributed by atoms with Crippen LogP contribution >= 0.6 is 0 Å². The van der Waals surface area contributed by atoms with E-state index in [0.717, 1.165) is 23.2 Å². The van der Waals surface area contributed by atoms with Crippen LogP contribution < -0.4 is 10.1 Å². The van der Waals surface area contributed by atoms with Gasteiger partial charge in [0.2, 0.25) is 0 Å². The quantitative estimate of drug-likeness (QED) is 0.856. The minimum atomic E-state index is -0.220. The van der Waals surface area contributed by atoms with E-state index in [4.69, 9.17) is 4.74 Å². The van der Waals surface area contributed by atoms with Crippen LogP contribution in [0.3, 0.4) is 0 Å². The lowest BCUT2D eigenvalue weighted by molar-refractivity contribution is 0.274. The molecular weight excluding hydrogens is 269 g/mol. The second-order valence-corrected chi connectivity index (χ2v) is 5.06. The molecule has 1 unspecified atom stereocenters. The summed E-state index contributed by atoms with van der Waals surface area (Å²) in [7, 11) is 1.58. The van der Waals surface area contributed by atoms with Gasteiger partial charge in [-0.05, 0) is 49.2 Å². The predicted molar refractivity (Wildman–Crippen MR) is 82.1 cm³/mol. The van der Waals surface area contributed by atoms with Gasteiger partial charge in [0.25, 0.3) is 0 Å². The molecule has 2 N–H and O–H groups in total. The van der Waals surface area contributed by atoms with Gasteiger partial charge in [0.1, 0.15) is 11.6 Å². The number of nitrogens with one attached hydrogen (secondary N) is 1. The van der Waals surface area contributed by atoms with Crippen molar-refractivity contribution in [3.63, 3.8) is 0 Å². The molecule has 0 amide bonds. The van der Waals surface area contributed by atoms with Gasteiger partial charge >= 0.3 is 0 Å². The Kier molecular flexibility index (Phi) is 5.17. The van der Waals surface area contributed by atoms with Crippen LogP contribution in [-0.4, -0.2) is 18.3 Å². The number of halogens is 1. The van der Waals surface area contributed by atoms with Crippen molar-refractivity contribution in [1.82, 2.24) is 0 Å². The molecule has 0 aliphatic heterocycles. The minimum absolute atomic E-state index is 0.0644. The Morgan fingerprint density at radius 2 is 1.90 bits per heavy atom. The van der Waals surface area contributed by atoms with Crippen molar-refractivity contribution in [1.29, 1.82) is 0 Å². The lowest BCUT2D eigenvalue weighted by atomic mass is 10.1. The molecule has 2 aromatic rings. The minimum Gasteiger partial charge on any atom is -0.496 e. The van der Waals surface area contributed by atoms with E-state index in [1.807, 2.05) is 18.2 Å². The van der Waals surface area contributed by atoms with Crippen LogP contribution in [-0.2, 0) is 13.0 Å². The Morgan fingerprint density at radius 1 is 1.19 bits per heavy atom. The number of anilines is 1. The van der Waals surface area contributed by atoms with E-state index in [-0.39, 0.29) is 18.5 Å². The summed E-state index contributed by atoms with van der Waals surface area (Å²) in [6.07, 6.45) is 0.792. The monoisotopic (exact) mass is 289 g/mol. The molecule has 0 aromatic heterocycles. The Hall–Kier alpha value is -2.07. The van der Waals surface area contributed by atoms with Crippen LogP contribution in [0.2, 0.25) is 0 Å². The van der Waals surface area contributed by atoms with E-state index in [2.05, 4.69) is 12.2 Å². The molecule has 2 aromatic carbocycles. The lowest BCUT2D eigenvalue weighted by Gasteiger charge is -2.17. The third kappa shape index (κ3) is 4.20. The summed E-state index contributed by atoms with van der Waals surface area (Å²) < 4.78 is 18.1. The molecule has 0 radical (unpaired) electrons. The molecule has 1 atom stereocenters. The van der Waals surface area contributed by atoms with Gasteiger partial charge in [-0.3, -0.25) is 0 Å². The van der Waals surface area contributed by atoms with E-state index >= 15 is 0 Å². The van der Waals surface area contributed by atoms with Crippen LogP contribution in [0.25, 0.3) is 0 Å². The number of aliphatic hydroxyl groups excluding tert-OH is 1. The number of ether oxygens (including phenoxy) is 1. The molecule has 0 aliphatic carbocycles. The van der Waals surface area contributed by atoms with Gasteiger partial charge in [0.15, 0.2) is 0 Å². The van der Waals surface area contributed by atoms with Gasteiger partial charge in [-0.15, -0.1) is 0 Å². The highest BCUT2D eigenvalue weighted by molar-refractivity contribution is 5.51. The molecule has 0 saturated heterocycles. The Morgan fingerprint density at radius 3 is 2.52 bits per heavy atom. The summed E-state index contributed by atoms with van der Waals surface area (Å²) >= 11 is 0. The van der Waals surface area contributed by atoms with Crippen molar-refractivity contribution in [3.8, 4) is 5.75 Å². The summed E-state index contributed by atoms with van der Waals surface area (Å²) in [5.41, 5.74) is 2.75. The van der Waals surface area contributed by atoms with Crippen LogP contribution in [0.5, 0.6) is 5.75 Å². The predicted octanol–water partition coefficient (Wildman–Crippen LogP) is 3.37. The molecule has 0 bridgehead atoms. The first kappa shape index (κ1) is 15.3. The summed E-state index contributed by atoms with van der Waals surface area (Å²) in [4.78, 5) is 0. The van der Waals surface area contributed by atoms with E-state index in [0.29, 0.717) is 5.75 Å². The van der Waals surface area contributed by atoms with Gasteiger partial charge in [-0.2, -0.15) is 0 Å². The first-order chi connectivity index (χ1) is 10.1. The molecule has 2 rings (SSSR count). The van der Waals surface area contributed by atoms with E-state index in [1.54, 1.807) is 19.2 Å². The van der Waals surface area contributed by atoms with E-state index < -0.39 is 0 Å². The number of benzene rings is 2. The Balaban J connectivity index is 2.02. The standard InChI is InChI=1S/C17H20FNO2/c1-12(9-13-3-5-15(18)6-4-13)19-16-7-8-17(21-2)14(10-16)11-20/h3-8,10,12,19-20H,9,11H2,1-2H3. The van der Waals surface area contributed by atoms with E-state index in [9.17, 15) is 9.50 Å². The zero-order valence-electron chi connectivity index (χ0n) is 12.3. The fourth-order valence-electron chi connectivity index (χ4n) is 2.30. The maximum absolute atomic E-state index is 12.9. The SMILES string of the molecule is COc1ccc(NC(C)Cc2ccc(F)cc2)cc1CO. The fraction of sp³-hybridized carbons (Fsp3) is 0.294. The zero-order chi connectivity index (χ0) is 15.2. The molecular formula is C17H20FNO2. The number of hydrogen-bond acceptors (Lipinski definition) is 3. The second-order valence-electron chi connectivity index (χ2n) is 5.06. The lowest BCUT2D eigenvalue weighted by Crippen LogP contribution is -2.18. The molecule has 4 heteroatoms. The van der Waals surface area contributed by atoms with Crippen molar-refractivity contribution < 1.29 is 14.2 Å². The summed E-state index contributed by atoms with van der Waals surface area (Å²) in [6.45, 7) is 2.00. The summed E-state index contributed by atoms with van der Waals surface area (Å²) in [5.74, 6) is 0.455. The highest BCUT2D eigenvalue weighted by Gasteiger charge is 2.07. The number of methoxy groups -OCH3 is 1. The van der Waals surface area contributed by atoms with Crippen molar-refractivity contribution in [2.24, 2.45) is 0 Å². The largest absolute Gasteiger partial charge is 0.496 e. The van der Waals surface area contributed by atoms with Crippen molar-refractivity contribution in [2.75, 3.05) is 12.4 Å². The highest BCUT2D eigenvalue weighted by Crippen LogP contribution is 2.23. The third-order valence-corrected chi connectivity index (χ3v) is 3.32. The van der Waals surface area contributed by atoms with Gasteiger partial charge in [-0.25, -0.2) is 4.39 Å². The maximum atomic E-state index is 12.9. The van der Waals surface area contributed by atoms with Gasteiger partial charge in [0.05, 0.1) is 13.7 Å². The van der Waals surface area contributed by atoms with Crippen molar-refractivity contribution in [2.45, 2.75) is 26.0 Å². The average molecular weight is 289 g/mol. The molecule has 21 heavy (non-hydrogen) atoms. The van der Waals surface area contributed by atoms with Crippen LogP contribution in [0.1, 0.15) is 18.1 Å². The highest BCUT2D eigenvalue weighted by atomic mass is 19.1. The molecule has 0 aliphatic rings. The average Bonchev–Trinajstić information content (AvgIpc) is 2.49. The van der Waals surface area contributed by atoms with Crippen molar-refractivity contribution in [3.05, 3.63) is 59.4 Å². The molecule has 3 nitrogen and oxygen atoms in total. The topological polar surface area (TPSA) is 41.5 Å². The normalized spacial score (nSPS) is 12.0. The third-order valence-electron chi connectivity index (χ3n) is 3.32. The van der Waals surface area contributed by atoms with Gasteiger partial charge in [0, 0.05) is 17.3 Å². The Labute approximate surface area is 124 Å². The molecule has 0 saturated carbocycles. The fourth-order valence-corrected chi connectivity index (χ4v) is 2.30. The van der Waals surface area contributed by atoms with E-state index in [1.165, 1.54) is 12.1 Å². The zero-order valence-corrected chi connectivity index (χ0v) is 12.3. The van der Waals surface area contributed by atoms with Gasteiger partial charge in [-0.1, -0.05) is 12.1 Å². The first-order valence-corrected chi connectivity index (χ1v) is 6.91. The number of rotatable bonds is 6. The smallest absolute Gasteiger partial charge is 0.124 e. The number of hydrogen-bond donors (Lipinski definition) is 2. The molecule has 0 spiro atoms. The maximum Gasteiger partial charge on any atom is 0.124 e.